The van der Waals surface area contributed by atoms with Crippen LogP contribution in [0.2, 0.25) is 0 Å². The average molecular weight is 308 g/mol. The van der Waals surface area contributed by atoms with Gasteiger partial charge in [-0.3, -0.25) is 0 Å². The maximum Gasteiger partial charge on any atom is 0.253 e. The zero-order chi connectivity index (χ0) is 15.2. The quantitative estimate of drug-likeness (QED) is 0.478. The van der Waals surface area contributed by atoms with Crippen molar-refractivity contribution in [3.05, 3.63) is 23.5 Å². The van der Waals surface area contributed by atoms with E-state index in [2.05, 4.69) is 10.3 Å². The Morgan fingerprint density at radius 1 is 1.19 bits per heavy atom. The van der Waals surface area contributed by atoms with Gasteiger partial charge in [0, 0.05) is 19.8 Å². The number of rotatable bonds is 7. The van der Waals surface area contributed by atoms with Crippen LogP contribution in [0.5, 0.6) is 0 Å². The normalized spacial score (nSPS) is 18.2. The van der Waals surface area contributed by atoms with E-state index in [9.17, 15) is 17.6 Å². The smallest absolute Gasteiger partial charge is 0.253 e. The van der Waals surface area contributed by atoms with E-state index < -0.39 is 29.2 Å². The SMILES string of the molecule is Fc1nc(F)c(F)c(NCCCOCC2CCCO2)c1F. The van der Waals surface area contributed by atoms with Crippen LogP contribution >= 0.6 is 0 Å². The van der Waals surface area contributed by atoms with Crippen LogP contribution in [0.4, 0.5) is 23.2 Å². The maximum atomic E-state index is 13.3. The molecular formula is C13H16F4N2O2. The lowest BCUT2D eigenvalue weighted by atomic mass is 10.2. The number of pyridine rings is 1. The van der Waals surface area contributed by atoms with E-state index in [0.29, 0.717) is 19.6 Å². The van der Waals surface area contributed by atoms with Gasteiger partial charge < -0.3 is 14.8 Å². The summed E-state index contributed by atoms with van der Waals surface area (Å²) in [6.45, 7) is 1.68. The molecule has 2 heterocycles. The standard InChI is InChI=1S/C13H16F4N2O2/c14-9-11(10(15)13(17)19-12(9)16)18-4-2-5-20-7-8-3-1-6-21-8/h8H,1-7H2,(H,18,19). The van der Waals surface area contributed by atoms with Crippen molar-refractivity contribution in [1.29, 1.82) is 0 Å². The summed E-state index contributed by atoms with van der Waals surface area (Å²) in [6.07, 6.45) is 2.52. The molecule has 0 aromatic carbocycles. The molecule has 21 heavy (non-hydrogen) atoms. The number of nitrogens with zero attached hydrogens (tertiary/aromatic N) is 1. The van der Waals surface area contributed by atoms with E-state index in [4.69, 9.17) is 9.47 Å². The largest absolute Gasteiger partial charge is 0.380 e. The molecule has 0 aliphatic carbocycles. The lowest BCUT2D eigenvalue weighted by Gasteiger charge is -2.11. The van der Waals surface area contributed by atoms with Gasteiger partial charge >= 0.3 is 0 Å². The highest BCUT2D eigenvalue weighted by Crippen LogP contribution is 2.21. The van der Waals surface area contributed by atoms with E-state index in [1.54, 1.807) is 0 Å². The molecule has 4 nitrogen and oxygen atoms in total. The Labute approximate surface area is 119 Å². The summed E-state index contributed by atoms with van der Waals surface area (Å²) in [5.41, 5.74) is -0.848. The second-order valence-corrected chi connectivity index (χ2v) is 4.69. The molecule has 1 fully saturated rings. The molecule has 1 aliphatic rings. The minimum absolute atomic E-state index is 0.108. The van der Waals surface area contributed by atoms with Gasteiger partial charge in [-0.1, -0.05) is 0 Å². The molecule has 1 aromatic rings. The molecular weight excluding hydrogens is 292 g/mol. The predicted molar refractivity (Wildman–Crippen MR) is 67.0 cm³/mol. The van der Waals surface area contributed by atoms with Crippen molar-refractivity contribution < 1.29 is 27.0 Å². The first kappa shape index (κ1) is 16.0. The fraction of sp³-hybridized carbons (Fsp3) is 0.615. The molecule has 118 valence electrons. The van der Waals surface area contributed by atoms with Crippen LogP contribution in [0.1, 0.15) is 19.3 Å². The zero-order valence-electron chi connectivity index (χ0n) is 11.3. The summed E-state index contributed by atoms with van der Waals surface area (Å²) in [4.78, 5) is 2.47. The number of ether oxygens (including phenoxy) is 2. The molecule has 2 rings (SSSR count). The van der Waals surface area contributed by atoms with Crippen LogP contribution in [-0.4, -0.2) is 37.5 Å². The Hall–Kier alpha value is -1.41. The van der Waals surface area contributed by atoms with E-state index in [-0.39, 0.29) is 12.6 Å². The minimum Gasteiger partial charge on any atom is -0.380 e. The Kier molecular flexibility index (Phi) is 5.75. The van der Waals surface area contributed by atoms with E-state index in [0.717, 1.165) is 19.4 Å². The first-order chi connectivity index (χ1) is 10.1. The third-order valence-corrected chi connectivity index (χ3v) is 3.09. The molecule has 1 atom stereocenters. The highest BCUT2D eigenvalue weighted by Gasteiger charge is 2.20. The van der Waals surface area contributed by atoms with E-state index in [1.807, 2.05) is 0 Å². The molecule has 0 radical (unpaired) electrons. The molecule has 1 aliphatic heterocycles. The van der Waals surface area contributed by atoms with Crippen molar-refractivity contribution in [3.63, 3.8) is 0 Å². The number of hydrogen-bond acceptors (Lipinski definition) is 4. The van der Waals surface area contributed by atoms with Gasteiger partial charge in [-0.05, 0) is 19.3 Å². The van der Waals surface area contributed by atoms with Gasteiger partial charge in [-0.25, -0.2) is 0 Å². The number of hydrogen-bond donors (Lipinski definition) is 1. The second-order valence-electron chi connectivity index (χ2n) is 4.69. The summed E-state index contributed by atoms with van der Waals surface area (Å²) in [7, 11) is 0. The Balaban J connectivity index is 1.71. The van der Waals surface area contributed by atoms with Gasteiger partial charge in [0.1, 0.15) is 5.69 Å². The minimum atomic E-state index is -1.67. The average Bonchev–Trinajstić information content (AvgIpc) is 2.97. The fourth-order valence-corrected chi connectivity index (χ4v) is 2.02. The zero-order valence-corrected chi connectivity index (χ0v) is 11.3. The molecule has 0 saturated carbocycles. The van der Waals surface area contributed by atoms with Crippen molar-refractivity contribution in [2.75, 3.05) is 31.7 Å². The summed E-state index contributed by atoms with van der Waals surface area (Å²) in [6, 6.07) is 0. The van der Waals surface area contributed by atoms with Crippen LogP contribution in [0.3, 0.4) is 0 Å². The van der Waals surface area contributed by atoms with E-state index >= 15 is 0 Å². The van der Waals surface area contributed by atoms with Crippen LogP contribution < -0.4 is 5.32 Å². The lowest BCUT2D eigenvalue weighted by Crippen LogP contribution is -2.16. The first-order valence-electron chi connectivity index (χ1n) is 6.72. The van der Waals surface area contributed by atoms with Gasteiger partial charge in [0.2, 0.25) is 11.6 Å². The van der Waals surface area contributed by atoms with Gasteiger partial charge in [0.05, 0.1) is 12.7 Å². The number of nitrogens with one attached hydrogen (secondary N) is 1. The van der Waals surface area contributed by atoms with Crippen LogP contribution in [0.25, 0.3) is 0 Å². The number of anilines is 1. The fourth-order valence-electron chi connectivity index (χ4n) is 2.02. The summed E-state index contributed by atoms with van der Waals surface area (Å²) < 4.78 is 62.9. The number of halogens is 4. The molecule has 1 aromatic heterocycles. The van der Waals surface area contributed by atoms with Crippen molar-refractivity contribution in [1.82, 2.24) is 4.98 Å². The summed E-state index contributed by atoms with van der Waals surface area (Å²) >= 11 is 0. The monoisotopic (exact) mass is 308 g/mol. The molecule has 0 bridgehead atoms. The van der Waals surface area contributed by atoms with Gasteiger partial charge in [-0.15, -0.1) is 0 Å². The van der Waals surface area contributed by atoms with E-state index in [1.165, 1.54) is 0 Å². The van der Waals surface area contributed by atoms with Crippen LogP contribution in [-0.2, 0) is 9.47 Å². The topological polar surface area (TPSA) is 43.4 Å². The number of aromatic nitrogens is 1. The van der Waals surface area contributed by atoms with Crippen LogP contribution in [0.15, 0.2) is 0 Å². The maximum absolute atomic E-state index is 13.3. The van der Waals surface area contributed by atoms with Crippen molar-refractivity contribution in [3.8, 4) is 0 Å². The molecule has 0 spiro atoms. The summed E-state index contributed by atoms with van der Waals surface area (Å²) in [5.74, 6) is -6.42. The van der Waals surface area contributed by atoms with Gasteiger partial charge in [0.15, 0.2) is 0 Å². The molecule has 1 saturated heterocycles. The highest BCUT2D eigenvalue weighted by molar-refractivity contribution is 5.45. The van der Waals surface area contributed by atoms with Crippen LogP contribution in [0, 0.1) is 23.5 Å². The second kappa shape index (κ2) is 7.56. The highest BCUT2D eigenvalue weighted by atomic mass is 19.2. The third-order valence-electron chi connectivity index (χ3n) is 3.09. The summed E-state index contributed by atoms with van der Waals surface area (Å²) in [5, 5.41) is 2.31. The third kappa shape index (κ3) is 4.28. The molecule has 1 N–H and O–H groups in total. The van der Waals surface area contributed by atoms with Gasteiger partial charge in [0.25, 0.3) is 11.9 Å². The predicted octanol–water partition coefficient (Wildman–Crippen LogP) is 2.64. The van der Waals surface area contributed by atoms with Crippen molar-refractivity contribution in [2.45, 2.75) is 25.4 Å². The molecule has 1 unspecified atom stereocenters. The Morgan fingerprint density at radius 2 is 1.90 bits per heavy atom. The Morgan fingerprint density at radius 3 is 2.52 bits per heavy atom. The molecule has 0 amide bonds. The first-order valence-corrected chi connectivity index (χ1v) is 6.72. The van der Waals surface area contributed by atoms with Crippen molar-refractivity contribution in [2.24, 2.45) is 0 Å². The molecule has 8 heteroatoms. The lowest BCUT2D eigenvalue weighted by molar-refractivity contribution is 0.0172. The Bertz CT molecular complexity index is 455. The van der Waals surface area contributed by atoms with Crippen molar-refractivity contribution >= 4 is 5.69 Å². The van der Waals surface area contributed by atoms with Gasteiger partial charge in [-0.2, -0.15) is 22.5 Å².